The summed E-state index contributed by atoms with van der Waals surface area (Å²) < 4.78 is 2.61. The van der Waals surface area contributed by atoms with Crippen molar-refractivity contribution in [2.45, 2.75) is 0 Å². The van der Waals surface area contributed by atoms with E-state index in [0.29, 0.717) is 17.5 Å². The molecule has 2 heterocycles. The van der Waals surface area contributed by atoms with Gasteiger partial charge < -0.3 is 0 Å². The summed E-state index contributed by atoms with van der Waals surface area (Å²) in [5.74, 6) is 1.96. The maximum atomic E-state index is 5.02. The average molecular weight is 618 g/mol. The minimum Gasteiger partial charge on any atom is -0.208 e. The molecule has 0 atom stereocenters. The third kappa shape index (κ3) is 4.96. The summed E-state index contributed by atoms with van der Waals surface area (Å²) in [6, 6.07) is 57.5. The lowest BCUT2D eigenvalue weighted by molar-refractivity contribution is 1.07. The molecule has 0 unspecified atom stereocenters. The van der Waals surface area contributed by atoms with Crippen LogP contribution in [0, 0.1) is 0 Å². The van der Waals surface area contributed by atoms with Crippen LogP contribution in [0.15, 0.2) is 164 Å². The minimum absolute atomic E-state index is 0.650. The molecule has 0 amide bonds. The first kappa shape index (κ1) is 27.3. The van der Waals surface area contributed by atoms with Gasteiger partial charge in [0.25, 0.3) is 0 Å². The van der Waals surface area contributed by atoms with Crippen molar-refractivity contribution in [2.75, 3.05) is 0 Å². The van der Waals surface area contributed by atoms with Crippen molar-refractivity contribution in [3.05, 3.63) is 164 Å². The van der Waals surface area contributed by atoms with Gasteiger partial charge in [0.15, 0.2) is 17.5 Å². The van der Waals surface area contributed by atoms with Crippen LogP contribution in [-0.4, -0.2) is 15.0 Å². The topological polar surface area (TPSA) is 38.7 Å². The standard InChI is InChI=1S/C43H27N3S/c1-2-11-31(12-3-1)41-44-42(32-24-20-29(21-25-32)35-16-8-13-28-10-4-5-14-34(28)35)46-43(45-41)33-26-22-30(23-27-33)36-17-9-19-39-40(36)37-15-6-7-18-38(37)47-39/h1-27H. The van der Waals surface area contributed by atoms with Crippen LogP contribution in [-0.2, 0) is 0 Å². The Morgan fingerprint density at radius 1 is 0.319 bits per heavy atom. The zero-order valence-corrected chi connectivity index (χ0v) is 26.2. The Hall–Kier alpha value is -5.97. The van der Waals surface area contributed by atoms with Crippen molar-refractivity contribution >= 4 is 42.3 Å². The molecule has 7 aromatic carbocycles. The molecule has 47 heavy (non-hydrogen) atoms. The predicted molar refractivity (Wildman–Crippen MR) is 197 cm³/mol. The second-order valence-electron chi connectivity index (χ2n) is 11.6. The normalized spacial score (nSPS) is 11.4. The predicted octanol–water partition coefficient (Wildman–Crippen LogP) is 11.7. The quantitative estimate of drug-likeness (QED) is 0.193. The first-order valence-electron chi connectivity index (χ1n) is 15.7. The van der Waals surface area contributed by atoms with Gasteiger partial charge in [-0.15, -0.1) is 11.3 Å². The van der Waals surface area contributed by atoms with Gasteiger partial charge in [0.1, 0.15) is 0 Å². The number of hydrogen-bond donors (Lipinski definition) is 0. The lowest BCUT2D eigenvalue weighted by Gasteiger charge is -2.11. The molecule has 0 aliphatic rings. The molecule has 0 N–H and O–H groups in total. The van der Waals surface area contributed by atoms with E-state index in [2.05, 4.69) is 133 Å². The third-order valence-electron chi connectivity index (χ3n) is 8.77. The number of thiophene rings is 1. The van der Waals surface area contributed by atoms with Crippen molar-refractivity contribution < 1.29 is 0 Å². The van der Waals surface area contributed by atoms with E-state index in [-0.39, 0.29) is 0 Å². The summed E-state index contributed by atoms with van der Waals surface area (Å²) in [7, 11) is 0. The molecule has 9 aromatic rings. The van der Waals surface area contributed by atoms with Gasteiger partial charge in [-0.3, -0.25) is 0 Å². The first-order chi connectivity index (χ1) is 23.3. The smallest absolute Gasteiger partial charge is 0.164 e. The molecule has 9 rings (SSSR count). The van der Waals surface area contributed by atoms with Crippen LogP contribution in [0.2, 0.25) is 0 Å². The van der Waals surface area contributed by atoms with Crippen LogP contribution in [0.1, 0.15) is 0 Å². The Labute approximate surface area is 276 Å². The Morgan fingerprint density at radius 2 is 0.787 bits per heavy atom. The van der Waals surface area contributed by atoms with Crippen molar-refractivity contribution in [1.29, 1.82) is 0 Å². The second-order valence-corrected chi connectivity index (χ2v) is 12.7. The number of nitrogens with zero attached hydrogens (tertiary/aromatic N) is 3. The molecule has 0 radical (unpaired) electrons. The lowest BCUT2D eigenvalue weighted by Crippen LogP contribution is -2.00. The fraction of sp³-hybridized carbons (Fsp3) is 0. The molecule has 2 aromatic heterocycles. The van der Waals surface area contributed by atoms with Gasteiger partial charge in [0.05, 0.1) is 0 Å². The monoisotopic (exact) mass is 617 g/mol. The van der Waals surface area contributed by atoms with Crippen molar-refractivity contribution in [3.63, 3.8) is 0 Å². The summed E-state index contributed by atoms with van der Waals surface area (Å²) in [6.45, 7) is 0. The van der Waals surface area contributed by atoms with Gasteiger partial charge in [0.2, 0.25) is 0 Å². The highest BCUT2D eigenvalue weighted by atomic mass is 32.1. The molecule has 0 fully saturated rings. The molecular formula is C43H27N3S. The zero-order valence-electron chi connectivity index (χ0n) is 25.3. The Balaban J connectivity index is 1.12. The van der Waals surface area contributed by atoms with E-state index in [4.69, 9.17) is 15.0 Å². The van der Waals surface area contributed by atoms with Gasteiger partial charge in [-0.25, -0.2) is 15.0 Å². The molecule has 0 spiro atoms. The number of aromatic nitrogens is 3. The molecule has 0 aliphatic carbocycles. The molecular weight excluding hydrogens is 591 g/mol. The number of fused-ring (bicyclic) bond motifs is 4. The van der Waals surface area contributed by atoms with E-state index in [9.17, 15) is 0 Å². The van der Waals surface area contributed by atoms with Crippen LogP contribution < -0.4 is 0 Å². The summed E-state index contributed by atoms with van der Waals surface area (Å²) in [5, 5.41) is 5.08. The summed E-state index contributed by atoms with van der Waals surface area (Å²) in [5.41, 5.74) is 7.63. The van der Waals surface area contributed by atoms with Crippen LogP contribution in [0.4, 0.5) is 0 Å². The maximum Gasteiger partial charge on any atom is 0.164 e. The van der Waals surface area contributed by atoms with E-state index in [1.807, 2.05) is 41.7 Å². The number of hydrogen-bond acceptors (Lipinski definition) is 4. The van der Waals surface area contributed by atoms with Crippen molar-refractivity contribution in [1.82, 2.24) is 15.0 Å². The van der Waals surface area contributed by atoms with Gasteiger partial charge in [0, 0.05) is 36.9 Å². The largest absolute Gasteiger partial charge is 0.208 e. The van der Waals surface area contributed by atoms with Gasteiger partial charge in [-0.05, 0) is 45.2 Å². The molecule has 220 valence electrons. The molecule has 3 nitrogen and oxygen atoms in total. The summed E-state index contributed by atoms with van der Waals surface area (Å²) in [6.07, 6.45) is 0. The molecule has 0 bridgehead atoms. The van der Waals surface area contributed by atoms with E-state index >= 15 is 0 Å². The fourth-order valence-corrected chi connectivity index (χ4v) is 7.57. The van der Waals surface area contributed by atoms with E-state index in [1.165, 1.54) is 47.6 Å². The fourth-order valence-electron chi connectivity index (χ4n) is 6.44. The Morgan fingerprint density at radius 3 is 1.49 bits per heavy atom. The Bertz CT molecular complexity index is 2550. The number of benzene rings is 7. The minimum atomic E-state index is 0.650. The van der Waals surface area contributed by atoms with Crippen molar-refractivity contribution in [2.24, 2.45) is 0 Å². The second kappa shape index (κ2) is 11.4. The van der Waals surface area contributed by atoms with E-state index in [1.54, 1.807) is 0 Å². The lowest BCUT2D eigenvalue weighted by atomic mass is 9.97. The van der Waals surface area contributed by atoms with Gasteiger partial charge in [-0.2, -0.15) is 0 Å². The SMILES string of the molecule is c1ccc(-c2nc(-c3ccc(-c4cccc5ccccc45)cc3)nc(-c3ccc(-c4cccc5sc6ccccc6c45)cc3)n2)cc1. The highest BCUT2D eigenvalue weighted by Crippen LogP contribution is 2.40. The van der Waals surface area contributed by atoms with Crippen LogP contribution in [0.25, 0.3) is 87.4 Å². The summed E-state index contributed by atoms with van der Waals surface area (Å²) >= 11 is 1.84. The first-order valence-corrected chi connectivity index (χ1v) is 16.5. The van der Waals surface area contributed by atoms with Crippen LogP contribution in [0.5, 0.6) is 0 Å². The summed E-state index contributed by atoms with van der Waals surface area (Å²) in [4.78, 5) is 14.9. The number of rotatable bonds is 5. The van der Waals surface area contributed by atoms with Crippen molar-refractivity contribution in [3.8, 4) is 56.4 Å². The van der Waals surface area contributed by atoms with E-state index in [0.717, 1.165) is 22.3 Å². The van der Waals surface area contributed by atoms with Gasteiger partial charge >= 0.3 is 0 Å². The molecule has 4 heteroatoms. The zero-order chi connectivity index (χ0) is 31.2. The molecule has 0 saturated carbocycles. The highest BCUT2D eigenvalue weighted by molar-refractivity contribution is 7.25. The van der Waals surface area contributed by atoms with E-state index < -0.39 is 0 Å². The average Bonchev–Trinajstić information content (AvgIpc) is 3.54. The molecule has 0 aliphatic heterocycles. The maximum absolute atomic E-state index is 5.02. The third-order valence-corrected chi connectivity index (χ3v) is 9.90. The van der Waals surface area contributed by atoms with Crippen LogP contribution in [0.3, 0.4) is 0 Å². The Kier molecular flexibility index (Phi) is 6.65. The molecule has 0 saturated heterocycles. The van der Waals surface area contributed by atoms with Gasteiger partial charge in [-0.1, -0.05) is 152 Å². The highest BCUT2D eigenvalue weighted by Gasteiger charge is 2.15. The van der Waals surface area contributed by atoms with Crippen LogP contribution >= 0.6 is 11.3 Å².